The molecule has 0 fully saturated rings. The monoisotopic (exact) mass is 336 g/mol. The molecule has 0 heterocycles. The third-order valence-electron chi connectivity index (χ3n) is 2.50. The molecule has 0 aromatic heterocycles. The molecule has 0 bridgehead atoms. The molecule has 0 spiro atoms. The maximum absolute atomic E-state index is 13.1. The molecule has 0 saturated carbocycles. The second-order valence-corrected chi connectivity index (χ2v) is 6.13. The number of nitrogens with two attached hydrogens (primary N) is 1. The number of halogens is 4. The number of nitrogen functional groups attached to an aromatic ring is 1. The fraction of sp³-hybridized carbons (Fsp3) is 0. The third kappa shape index (κ3) is 3.22. The number of hydrogen-bond donors (Lipinski definition) is 2. The van der Waals surface area contributed by atoms with Gasteiger partial charge in [-0.1, -0.05) is 11.6 Å². The van der Waals surface area contributed by atoms with Crippen LogP contribution in [0.25, 0.3) is 0 Å². The Morgan fingerprint density at radius 2 is 1.62 bits per heavy atom. The van der Waals surface area contributed by atoms with E-state index in [9.17, 15) is 21.6 Å². The van der Waals surface area contributed by atoms with Gasteiger partial charge in [-0.3, -0.25) is 4.72 Å². The molecule has 2 aromatic carbocycles. The van der Waals surface area contributed by atoms with E-state index in [1.54, 1.807) is 0 Å². The Kier molecular flexibility index (Phi) is 4.02. The summed E-state index contributed by atoms with van der Waals surface area (Å²) >= 11 is 5.65. The van der Waals surface area contributed by atoms with Gasteiger partial charge in [0.25, 0.3) is 10.0 Å². The van der Waals surface area contributed by atoms with E-state index in [0.717, 1.165) is 6.07 Å². The highest BCUT2D eigenvalue weighted by Crippen LogP contribution is 2.25. The van der Waals surface area contributed by atoms with Gasteiger partial charge in [0.2, 0.25) is 0 Å². The minimum absolute atomic E-state index is 0.141. The number of sulfonamides is 1. The van der Waals surface area contributed by atoms with Crippen LogP contribution in [-0.4, -0.2) is 8.42 Å². The van der Waals surface area contributed by atoms with Crippen LogP contribution in [0.1, 0.15) is 0 Å². The number of nitrogens with one attached hydrogen (secondary N) is 1. The summed E-state index contributed by atoms with van der Waals surface area (Å²) in [7, 11) is -4.20. The average Bonchev–Trinajstić information content (AvgIpc) is 2.34. The van der Waals surface area contributed by atoms with Crippen LogP contribution in [0.15, 0.2) is 35.2 Å². The molecule has 4 nitrogen and oxygen atoms in total. The first-order chi connectivity index (χ1) is 9.70. The van der Waals surface area contributed by atoms with E-state index >= 15 is 0 Å². The Balaban J connectivity index is 2.42. The van der Waals surface area contributed by atoms with Crippen molar-refractivity contribution in [3.63, 3.8) is 0 Å². The lowest BCUT2D eigenvalue weighted by molar-refractivity contribution is 0.448. The van der Waals surface area contributed by atoms with Gasteiger partial charge in [-0.2, -0.15) is 0 Å². The summed E-state index contributed by atoms with van der Waals surface area (Å²) in [6.45, 7) is 0. The predicted molar refractivity (Wildman–Crippen MR) is 73.0 cm³/mol. The number of hydrogen-bond acceptors (Lipinski definition) is 3. The van der Waals surface area contributed by atoms with Gasteiger partial charge in [-0.05, 0) is 18.2 Å². The van der Waals surface area contributed by atoms with Crippen molar-refractivity contribution < 1.29 is 21.6 Å². The van der Waals surface area contributed by atoms with E-state index in [2.05, 4.69) is 0 Å². The second kappa shape index (κ2) is 5.45. The highest BCUT2D eigenvalue weighted by molar-refractivity contribution is 7.92. The lowest BCUT2D eigenvalue weighted by Gasteiger charge is -2.11. The largest absolute Gasteiger partial charge is 0.398 e. The summed E-state index contributed by atoms with van der Waals surface area (Å²) in [4.78, 5) is -0.322. The van der Waals surface area contributed by atoms with Crippen molar-refractivity contribution in [2.75, 3.05) is 10.5 Å². The van der Waals surface area contributed by atoms with Crippen molar-refractivity contribution in [1.82, 2.24) is 0 Å². The third-order valence-corrected chi connectivity index (χ3v) is 4.19. The van der Waals surface area contributed by atoms with E-state index < -0.39 is 33.2 Å². The van der Waals surface area contributed by atoms with Crippen molar-refractivity contribution >= 4 is 33.0 Å². The molecule has 21 heavy (non-hydrogen) atoms. The van der Waals surface area contributed by atoms with E-state index in [1.807, 2.05) is 4.72 Å². The average molecular weight is 337 g/mol. The Morgan fingerprint density at radius 1 is 1.05 bits per heavy atom. The quantitative estimate of drug-likeness (QED) is 0.668. The molecule has 0 unspecified atom stereocenters. The van der Waals surface area contributed by atoms with Crippen LogP contribution in [0.2, 0.25) is 5.02 Å². The van der Waals surface area contributed by atoms with Gasteiger partial charge in [-0.15, -0.1) is 0 Å². The summed E-state index contributed by atoms with van der Waals surface area (Å²) in [5.74, 6) is -4.72. The zero-order valence-corrected chi connectivity index (χ0v) is 11.8. The minimum atomic E-state index is -4.20. The first-order valence-corrected chi connectivity index (χ1v) is 7.29. The van der Waals surface area contributed by atoms with E-state index in [0.29, 0.717) is 12.1 Å². The number of benzene rings is 2. The highest BCUT2D eigenvalue weighted by Gasteiger charge is 2.20. The van der Waals surface area contributed by atoms with Crippen LogP contribution < -0.4 is 10.5 Å². The molecule has 0 aliphatic heterocycles. The first kappa shape index (κ1) is 15.5. The fourth-order valence-electron chi connectivity index (χ4n) is 1.59. The lowest BCUT2D eigenvalue weighted by Crippen LogP contribution is -2.15. The van der Waals surface area contributed by atoms with Crippen molar-refractivity contribution in [2.45, 2.75) is 4.90 Å². The Bertz CT molecular complexity index is 789. The lowest BCUT2D eigenvalue weighted by atomic mass is 10.3. The molecule has 0 saturated heterocycles. The maximum Gasteiger partial charge on any atom is 0.263 e. The molecule has 112 valence electrons. The molecule has 2 rings (SSSR count). The van der Waals surface area contributed by atoms with Crippen molar-refractivity contribution in [1.29, 1.82) is 0 Å². The van der Waals surface area contributed by atoms with Gasteiger partial charge in [0.15, 0.2) is 17.5 Å². The van der Waals surface area contributed by atoms with E-state index in [4.69, 9.17) is 17.3 Å². The van der Waals surface area contributed by atoms with Crippen LogP contribution >= 0.6 is 11.6 Å². The van der Waals surface area contributed by atoms with Crippen molar-refractivity contribution in [2.24, 2.45) is 0 Å². The van der Waals surface area contributed by atoms with Crippen LogP contribution in [0.4, 0.5) is 24.5 Å². The Hall–Kier alpha value is -1.93. The van der Waals surface area contributed by atoms with Gasteiger partial charge < -0.3 is 5.73 Å². The summed E-state index contributed by atoms with van der Waals surface area (Å²) < 4.78 is 65.0. The van der Waals surface area contributed by atoms with Gasteiger partial charge >= 0.3 is 0 Å². The summed E-state index contributed by atoms with van der Waals surface area (Å²) in [5, 5.41) is 0.227. The summed E-state index contributed by atoms with van der Waals surface area (Å²) in [6.07, 6.45) is 0. The molecule has 2 aromatic rings. The zero-order valence-electron chi connectivity index (χ0n) is 10.2. The van der Waals surface area contributed by atoms with Crippen LogP contribution in [0.3, 0.4) is 0 Å². The molecular weight excluding hydrogens is 329 g/mol. The van der Waals surface area contributed by atoms with Gasteiger partial charge in [0.1, 0.15) is 4.90 Å². The normalized spacial score (nSPS) is 11.4. The van der Waals surface area contributed by atoms with E-state index in [1.165, 1.54) is 12.1 Å². The molecular formula is C12H8ClF3N2O2S. The predicted octanol–water partition coefficient (Wildman–Crippen LogP) is 3.14. The van der Waals surface area contributed by atoms with Gasteiger partial charge in [-0.25, -0.2) is 21.6 Å². The molecule has 0 atom stereocenters. The van der Waals surface area contributed by atoms with Crippen molar-refractivity contribution in [3.8, 4) is 0 Å². The standard InChI is InChI=1S/C12H8ClF3N2O2S/c13-6-1-2-11(10(17)3-6)21(19,20)18-7-4-8(14)12(16)9(15)5-7/h1-5,18H,17H2. The van der Waals surface area contributed by atoms with Crippen LogP contribution in [0.5, 0.6) is 0 Å². The summed E-state index contributed by atoms with van der Waals surface area (Å²) in [6, 6.07) is 4.67. The Morgan fingerprint density at radius 3 is 2.14 bits per heavy atom. The topological polar surface area (TPSA) is 72.2 Å². The maximum atomic E-state index is 13.1. The smallest absolute Gasteiger partial charge is 0.263 e. The Labute approximate surface area is 123 Å². The van der Waals surface area contributed by atoms with Gasteiger partial charge in [0, 0.05) is 17.2 Å². The highest BCUT2D eigenvalue weighted by atomic mass is 35.5. The minimum Gasteiger partial charge on any atom is -0.398 e. The van der Waals surface area contributed by atoms with Gasteiger partial charge in [0.05, 0.1) is 11.4 Å². The molecule has 0 amide bonds. The molecule has 9 heteroatoms. The molecule has 0 aliphatic rings. The molecule has 3 N–H and O–H groups in total. The SMILES string of the molecule is Nc1cc(Cl)ccc1S(=O)(=O)Nc1cc(F)c(F)c(F)c1. The first-order valence-electron chi connectivity index (χ1n) is 5.43. The number of rotatable bonds is 3. The fourth-order valence-corrected chi connectivity index (χ4v) is 2.92. The number of anilines is 2. The molecule has 0 radical (unpaired) electrons. The zero-order chi connectivity index (χ0) is 15.8. The van der Waals surface area contributed by atoms with E-state index in [-0.39, 0.29) is 15.6 Å². The molecule has 0 aliphatic carbocycles. The second-order valence-electron chi connectivity index (χ2n) is 4.04. The summed E-state index contributed by atoms with van der Waals surface area (Å²) in [5.41, 5.74) is 4.92. The van der Waals surface area contributed by atoms with Crippen molar-refractivity contribution in [3.05, 3.63) is 52.8 Å². The van der Waals surface area contributed by atoms with Crippen LogP contribution in [0, 0.1) is 17.5 Å². The van der Waals surface area contributed by atoms with Crippen LogP contribution in [-0.2, 0) is 10.0 Å².